The Hall–Kier alpha value is -3.22. The minimum absolute atomic E-state index is 0.0346. The molecule has 6 nitrogen and oxygen atoms in total. The molecule has 0 saturated carbocycles. The van der Waals surface area contributed by atoms with Crippen molar-refractivity contribution in [2.45, 2.75) is 18.7 Å². The zero-order valence-electron chi connectivity index (χ0n) is 14.6. The van der Waals surface area contributed by atoms with E-state index in [1.54, 1.807) is 18.6 Å². The van der Waals surface area contributed by atoms with E-state index < -0.39 is 6.23 Å². The van der Waals surface area contributed by atoms with Crippen LogP contribution in [0.15, 0.2) is 84.1 Å². The molecule has 1 aliphatic carbocycles. The highest BCUT2D eigenvalue weighted by Gasteiger charge is 2.16. The van der Waals surface area contributed by atoms with E-state index in [0.717, 1.165) is 6.42 Å². The Balaban J connectivity index is 1.41. The summed E-state index contributed by atoms with van der Waals surface area (Å²) in [4.78, 5) is 14.4. The van der Waals surface area contributed by atoms with Gasteiger partial charge >= 0.3 is 0 Å². The predicted octanol–water partition coefficient (Wildman–Crippen LogP) is 2.55. The van der Waals surface area contributed by atoms with E-state index in [-0.39, 0.29) is 11.5 Å². The molecule has 2 aromatic heterocycles. The van der Waals surface area contributed by atoms with Crippen molar-refractivity contribution >= 4 is 5.57 Å². The number of aliphatic hydroxyl groups excluding tert-OH is 1. The lowest BCUT2D eigenvalue weighted by molar-refractivity contribution is 0.130. The van der Waals surface area contributed by atoms with Crippen LogP contribution in [0.5, 0.6) is 0 Å². The Bertz CT molecular complexity index is 1030. The highest BCUT2D eigenvalue weighted by molar-refractivity contribution is 5.75. The first kappa shape index (κ1) is 17.2. The molecule has 0 saturated heterocycles. The van der Waals surface area contributed by atoms with Gasteiger partial charge in [-0.15, -0.1) is 0 Å². The highest BCUT2D eigenvalue weighted by atomic mass is 16.3. The van der Waals surface area contributed by atoms with Crippen molar-refractivity contribution in [2.75, 3.05) is 0 Å². The molecule has 136 valence electrons. The molecule has 0 amide bonds. The van der Waals surface area contributed by atoms with E-state index in [0.29, 0.717) is 11.4 Å². The van der Waals surface area contributed by atoms with Crippen molar-refractivity contribution in [1.82, 2.24) is 20.1 Å². The molecule has 6 heteroatoms. The number of pyridine rings is 1. The number of H-pyrrole nitrogens is 1. The van der Waals surface area contributed by atoms with Gasteiger partial charge in [-0.2, -0.15) is 5.10 Å². The molecule has 4 rings (SSSR count). The van der Waals surface area contributed by atoms with Crippen molar-refractivity contribution in [3.63, 3.8) is 0 Å². The molecule has 0 fully saturated rings. The Kier molecular flexibility index (Phi) is 4.82. The molecule has 2 heterocycles. The molecule has 0 bridgehead atoms. The van der Waals surface area contributed by atoms with Crippen molar-refractivity contribution in [3.8, 4) is 5.82 Å². The maximum Gasteiger partial charge on any atom is 0.183 e. The highest BCUT2D eigenvalue weighted by Crippen LogP contribution is 2.22. The summed E-state index contributed by atoms with van der Waals surface area (Å²) in [5, 5.41) is 17.9. The summed E-state index contributed by atoms with van der Waals surface area (Å²) in [7, 11) is 0. The van der Waals surface area contributed by atoms with Gasteiger partial charge in [-0.1, -0.05) is 48.6 Å². The van der Waals surface area contributed by atoms with Gasteiger partial charge in [0.05, 0.1) is 6.20 Å². The van der Waals surface area contributed by atoms with Crippen LogP contribution in [0.4, 0.5) is 0 Å². The minimum atomic E-state index is -0.851. The standard InChI is InChI=1S/C21H20N4O2/c26-19-10-11-22-20(12-19)25-14-17(13-23-25)21(27)24-18-8-6-16(7-9-18)15-4-2-1-3-5-15/h1-8,10-14,18,21,24,27H,9H2,(H,22,26). The monoisotopic (exact) mass is 360 g/mol. The van der Waals surface area contributed by atoms with Gasteiger partial charge in [0.1, 0.15) is 12.0 Å². The molecule has 2 unspecified atom stereocenters. The number of aromatic amines is 1. The second-order valence-corrected chi connectivity index (χ2v) is 6.42. The van der Waals surface area contributed by atoms with Crippen LogP contribution in [0, 0.1) is 0 Å². The van der Waals surface area contributed by atoms with Crippen LogP contribution in [-0.2, 0) is 0 Å². The molecule has 1 aliphatic rings. The van der Waals surface area contributed by atoms with Crippen LogP contribution in [-0.4, -0.2) is 25.9 Å². The second-order valence-electron chi connectivity index (χ2n) is 6.42. The summed E-state index contributed by atoms with van der Waals surface area (Å²) in [5.74, 6) is 0.550. The topological polar surface area (TPSA) is 82.9 Å². The molecule has 1 aromatic carbocycles. The fraction of sp³-hybridized carbons (Fsp3) is 0.143. The van der Waals surface area contributed by atoms with Crippen molar-refractivity contribution in [2.24, 2.45) is 0 Å². The average Bonchev–Trinajstić information content (AvgIpc) is 3.20. The summed E-state index contributed by atoms with van der Waals surface area (Å²) in [6, 6.07) is 13.1. The van der Waals surface area contributed by atoms with Crippen molar-refractivity contribution in [1.29, 1.82) is 0 Å². The number of hydrogen-bond acceptors (Lipinski definition) is 4. The first-order valence-electron chi connectivity index (χ1n) is 8.80. The second kappa shape index (κ2) is 7.57. The number of nitrogens with one attached hydrogen (secondary N) is 2. The number of aliphatic hydroxyl groups is 1. The third-order valence-electron chi connectivity index (χ3n) is 4.50. The lowest BCUT2D eigenvalue weighted by atomic mass is 9.97. The lowest BCUT2D eigenvalue weighted by Crippen LogP contribution is -2.31. The fourth-order valence-corrected chi connectivity index (χ4v) is 3.06. The van der Waals surface area contributed by atoms with Crippen LogP contribution in [0.1, 0.15) is 23.8 Å². The maximum atomic E-state index is 11.5. The molecule has 3 aromatic rings. The lowest BCUT2D eigenvalue weighted by Gasteiger charge is -2.21. The fourth-order valence-electron chi connectivity index (χ4n) is 3.06. The van der Waals surface area contributed by atoms with Gasteiger partial charge in [0.2, 0.25) is 0 Å². The summed E-state index contributed by atoms with van der Waals surface area (Å²) in [5.41, 5.74) is 2.90. The number of allylic oxidation sites excluding steroid dienone is 2. The van der Waals surface area contributed by atoms with Gasteiger partial charge in [-0.05, 0) is 17.6 Å². The smallest absolute Gasteiger partial charge is 0.183 e. The molecule has 0 spiro atoms. The number of benzene rings is 1. The van der Waals surface area contributed by atoms with E-state index in [9.17, 15) is 9.90 Å². The Morgan fingerprint density at radius 2 is 2.11 bits per heavy atom. The molecule has 0 aliphatic heterocycles. The van der Waals surface area contributed by atoms with E-state index in [1.165, 1.54) is 28.0 Å². The molecule has 27 heavy (non-hydrogen) atoms. The van der Waals surface area contributed by atoms with Crippen LogP contribution in [0.2, 0.25) is 0 Å². The van der Waals surface area contributed by atoms with Crippen LogP contribution in [0.3, 0.4) is 0 Å². The van der Waals surface area contributed by atoms with E-state index in [4.69, 9.17) is 0 Å². The molecule has 2 atom stereocenters. The van der Waals surface area contributed by atoms with Gasteiger partial charge in [0.15, 0.2) is 5.43 Å². The largest absolute Gasteiger partial charge is 0.374 e. The Morgan fingerprint density at radius 3 is 2.85 bits per heavy atom. The van der Waals surface area contributed by atoms with Gasteiger partial charge < -0.3 is 10.1 Å². The average molecular weight is 360 g/mol. The van der Waals surface area contributed by atoms with Gasteiger partial charge in [-0.3, -0.25) is 10.1 Å². The summed E-state index contributed by atoms with van der Waals surface area (Å²) < 4.78 is 1.53. The summed E-state index contributed by atoms with van der Waals surface area (Å²) in [6.07, 6.45) is 11.1. The van der Waals surface area contributed by atoms with Crippen molar-refractivity contribution in [3.05, 3.63) is 101 Å². The van der Waals surface area contributed by atoms with E-state index in [1.807, 2.05) is 18.2 Å². The molecular weight excluding hydrogens is 340 g/mol. The van der Waals surface area contributed by atoms with Gasteiger partial charge in [0, 0.05) is 36.1 Å². The number of aromatic nitrogens is 3. The predicted molar refractivity (Wildman–Crippen MR) is 104 cm³/mol. The van der Waals surface area contributed by atoms with Crippen LogP contribution < -0.4 is 10.7 Å². The normalized spacial score (nSPS) is 17.5. The van der Waals surface area contributed by atoms with E-state index in [2.05, 4.69) is 45.8 Å². The van der Waals surface area contributed by atoms with E-state index >= 15 is 0 Å². The SMILES string of the molecule is O=c1cc[nH]c(-n2cc(C(O)NC3C=CC(c4ccccc4)=CC3)cn2)c1. The van der Waals surface area contributed by atoms with Gasteiger partial charge in [-0.25, -0.2) is 4.68 Å². The third kappa shape index (κ3) is 3.97. The molecule has 0 radical (unpaired) electrons. The zero-order valence-corrected chi connectivity index (χ0v) is 14.6. The number of rotatable bonds is 5. The summed E-state index contributed by atoms with van der Waals surface area (Å²) in [6.45, 7) is 0. The Morgan fingerprint density at radius 1 is 1.26 bits per heavy atom. The van der Waals surface area contributed by atoms with Gasteiger partial charge in [0.25, 0.3) is 0 Å². The van der Waals surface area contributed by atoms with Crippen LogP contribution in [0.25, 0.3) is 11.4 Å². The van der Waals surface area contributed by atoms with Crippen LogP contribution >= 0.6 is 0 Å². The molecular formula is C21H20N4O2. The molecule has 3 N–H and O–H groups in total. The first-order chi connectivity index (χ1) is 13.2. The Labute approximate surface area is 156 Å². The number of nitrogens with zero attached hydrogens (tertiary/aromatic N) is 2. The summed E-state index contributed by atoms with van der Waals surface area (Å²) >= 11 is 0. The number of hydrogen-bond donors (Lipinski definition) is 3. The third-order valence-corrected chi connectivity index (χ3v) is 4.50. The first-order valence-corrected chi connectivity index (χ1v) is 8.80. The van der Waals surface area contributed by atoms with Crippen molar-refractivity contribution < 1.29 is 5.11 Å². The maximum absolute atomic E-state index is 11.5. The zero-order chi connectivity index (χ0) is 18.6. The minimum Gasteiger partial charge on any atom is -0.374 e. The quantitative estimate of drug-likeness (QED) is 0.611.